The maximum Gasteiger partial charge on any atom is 0.348 e. The zero-order valence-corrected chi connectivity index (χ0v) is 16.3. The van der Waals surface area contributed by atoms with Crippen molar-refractivity contribution in [1.82, 2.24) is 0 Å². The van der Waals surface area contributed by atoms with Crippen molar-refractivity contribution in [1.29, 1.82) is 0 Å². The Labute approximate surface area is 165 Å². The molecule has 2 rings (SSSR count). The van der Waals surface area contributed by atoms with Gasteiger partial charge in [0.1, 0.15) is 16.3 Å². The Morgan fingerprint density at radius 2 is 1.62 bits per heavy atom. The Morgan fingerprint density at radius 3 is 2.15 bits per heavy atom. The van der Waals surface area contributed by atoms with Crippen LogP contribution in [0.25, 0.3) is 12.2 Å². The Bertz CT molecular complexity index is 754. The number of hydrogen-bond donors (Lipinski definition) is 1. The molecule has 26 heavy (non-hydrogen) atoms. The van der Waals surface area contributed by atoms with Crippen LogP contribution in [0.4, 0.5) is 0 Å². The number of hydrogen-bond acceptors (Lipinski definition) is 4. The van der Waals surface area contributed by atoms with E-state index in [1.54, 1.807) is 19.1 Å². The summed E-state index contributed by atoms with van der Waals surface area (Å²) in [5.74, 6) is -1.31. The van der Waals surface area contributed by atoms with Crippen LogP contribution in [0.1, 0.15) is 18.1 Å². The van der Waals surface area contributed by atoms with Crippen molar-refractivity contribution in [2.75, 3.05) is 6.61 Å². The summed E-state index contributed by atoms with van der Waals surface area (Å²) >= 11 is 1.87. The number of ether oxygens (including phenoxy) is 2. The minimum Gasteiger partial charge on any atom is -0.489 e. The first-order valence-electron chi connectivity index (χ1n) is 7.99. The summed E-state index contributed by atoms with van der Waals surface area (Å²) in [5, 5.41) is 9.14. The van der Waals surface area contributed by atoms with E-state index in [1.165, 1.54) is 0 Å². The summed E-state index contributed by atoms with van der Waals surface area (Å²) in [5.41, 5.74) is 2.09. The fraction of sp³-hybridized carbons (Fsp3) is 0.200. The van der Waals surface area contributed by atoms with Crippen LogP contribution < -0.4 is 4.74 Å². The monoisotopic (exact) mass is 466 g/mol. The van der Waals surface area contributed by atoms with Crippen molar-refractivity contribution in [2.45, 2.75) is 17.0 Å². The van der Waals surface area contributed by atoms with E-state index in [0.717, 1.165) is 11.1 Å². The number of carbonyl (C=O) groups excluding carboxylic acids is 1. The topological polar surface area (TPSA) is 72.8 Å². The molecular formula is C20H19IO5. The van der Waals surface area contributed by atoms with Crippen molar-refractivity contribution in [3.8, 4) is 5.75 Å². The smallest absolute Gasteiger partial charge is 0.348 e. The molecule has 136 valence electrons. The molecule has 2 aromatic carbocycles. The zero-order valence-electron chi connectivity index (χ0n) is 14.2. The summed E-state index contributed by atoms with van der Waals surface area (Å²) < 4.78 is 9.94. The van der Waals surface area contributed by atoms with Crippen LogP contribution in [0, 0.1) is 0 Å². The highest BCUT2D eigenvalue weighted by Crippen LogP contribution is 2.15. The second-order valence-electron chi connectivity index (χ2n) is 5.50. The molecule has 0 saturated carbocycles. The second kappa shape index (κ2) is 9.96. The average Bonchev–Trinajstić information content (AvgIpc) is 2.64. The number of alkyl halides is 1. The zero-order chi connectivity index (χ0) is 18.9. The summed E-state index contributed by atoms with van der Waals surface area (Å²) in [4.78, 5) is 22.7. The van der Waals surface area contributed by atoms with Crippen molar-refractivity contribution >= 4 is 46.7 Å². The SMILES string of the molecule is CC(I)C(=O)OC(COc1ccc(/C=C/c2ccccc2)cc1)C(=O)O. The first-order valence-corrected chi connectivity index (χ1v) is 9.23. The molecule has 0 saturated heterocycles. The second-order valence-corrected chi connectivity index (χ2v) is 7.37. The molecule has 1 N–H and O–H groups in total. The van der Waals surface area contributed by atoms with Gasteiger partial charge in [0.2, 0.25) is 6.10 Å². The van der Waals surface area contributed by atoms with Crippen molar-refractivity contribution in [2.24, 2.45) is 0 Å². The molecule has 0 spiro atoms. The van der Waals surface area contributed by atoms with Crippen LogP contribution in [-0.2, 0) is 14.3 Å². The van der Waals surface area contributed by atoms with Crippen LogP contribution in [0.2, 0.25) is 0 Å². The number of carboxylic acids is 1. The predicted octanol–water partition coefficient (Wildman–Crippen LogP) is 4.06. The maximum atomic E-state index is 11.5. The molecule has 6 heteroatoms. The summed E-state index contributed by atoms with van der Waals surface area (Å²) in [6.07, 6.45) is 2.64. The minimum absolute atomic E-state index is 0.246. The van der Waals surface area contributed by atoms with E-state index >= 15 is 0 Å². The lowest BCUT2D eigenvalue weighted by Gasteiger charge is -2.15. The van der Waals surface area contributed by atoms with E-state index in [0.29, 0.717) is 5.75 Å². The van der Waals surface area contributed by atoms with Gasteiger partial charge in [-0.15, -0.1) is 0 Å². The first-order chi connectivity index (χ1) is 12.5. The number of aliphatic carboxylic acids is 1. The molecule has 2 unspecified atom stereocenters. The van der Waals surface area contributed by atoms with Gasteiger partial charge in [0.05, 0.1) is 0 Å². The third-order valence-electron chi connectivity index (χ3n) is 3.41. The maximum absolute atomic E-state index is 11.5. The van der Waals surface area contributed by atoms with Gasteiger partial charge >= 0.3 is 11.9 Å². The highest BCUT2D eigenvalue weighted by atomic mass is 127. The fourth-order valence-corrected chi connectivity index (χ4v) is 2.14. The van der Waals surface area contributed by atoms with E-state index in [9.17, 15) is 9.59 Å². The fourth-order valence-electron chi connectivity index (χ4n) is 1.99. The van der Waals surface area contributed by atoms with Crippen LogP contribution in [0.15, 0.2) is 54.6 Å². The summed E-state index contributed by atoms with van der Waals surface area (Å²) in [6.45, 7) is 1.38. The van der Waals surface area contributed by atoms with E-state index in [4.69, 9.17) is 14.6 Å². The number of halogens is 1. The molecule has 0 aromatic heterocycles. The highest BCUT2D eigenvalue weighted by Gasteiger charge is 2.25. The largest absolute Gasteiger partial charge is 0.489 e. The van der Waals surface area contributed by atoms with Gasteiger partial charge in [-0.1, -0.05) is 77.2 Å². The molecule has 0 heterocycles. The number of benzene rings is 2. The molecule has 0 aliphatic carbocycles. The molecule has 0 amide bonds. The van der Waals surface area contributed by atoms with Crippen molar-refractivity contribution in [3.05, 3.63) is 65.7 Å². The van der Waals surface area contributed by atoms with Gasteiger partial charge in [-0.2, -0.15) is 0 Å². The van der Waals surface area contributed by atoms with Gasteiger partial charge in [-0.05, 0) is 30.2 Å². The van der Waals surface area contributed by atoms with Crippen LogP contribution in [0.3, 0.4) is 0 Å². The number of carbonyl (C=O) groups is 2. The van der Waals surface area contributed by atoms with Gasteiger partial charge in [-0.3, -0.25) is 4.79 Å². The third kappa shape index (κ3) is 6.51. The molecule has 0 radical (unpaired) electrons. The Morgan fingerprint density at radius 1 is 1.04 bits per heavy atom. The number of rotatable bonds is 8. The summed E-state index contributed by atoms with van der Waals surface area (Å²) in [7, 11) is 0. The Balaban J connectivity index is 1.92. The first kappa shape index (κ1) is 20.0. The Kier molecular flexibility index (Phi) is 7.65. The van der Waals surface area contributed by atoms with E-state index in [1.807, 2.05) is 77.2 Å². The molecule has 0 bridgehead atoms. The lowest BCUT2D eigenvalue weighted by Crippen LogP contribution is -2.34. The molecule has 0 aliphatic rings. The normalized spacial score (nSPS) is 13.2. The number of esters is 1. The Hall–Kier alpha value is -2.35. The molecular weight excluding hydrogens is 447 g/mol. The highest BCUT2D eigenvalue weighted by molar-refractivity contribution is 14.1. The molecule has 5 nitrogen and oxygen atoms in total. The van der Waals surface area contributed by atoms with Gasteiger partial charge in [0.15, 0.2) is 0 Å². The molecule has 2 atom stereocenters. The van der Waals surface area contributed by atoms with E-state index in [-0.39, 0.29) is 6.61 Å². The molecule has 2 aromatic rings. The third-order valence-corrected chi connectivity index (χ3v) is 3.92. The van der Waals surface area contributed by atoms with Gasteiger partial charge in [-0.25, -0.2) is 4.79 Å². The van der Waals surface area contributed by atoms with Gasteiger partial charge in [0.25, 0.3) is 0 Å². The van der Waals surface area contributed by atoms with Crippen molar-refractivity contribution in [3.63, 3.8) is 0 Å². The average molecular weight is 466 g/mol. The van der Waals surface area contributed by atoms with Crippen molar-refractivity contribution < 1.29 is 24.2 Å². The van der Waals surface area contributed by atoms with Crippen LogP contribution in [0.5, 0.6) is 5.75 Å². The molecule has 0 fully saturated rings. The van der Waals surface area contributed by atoms with Crippen LogP contribution in [-0.4, -0.2) is 33.7 Å². The predicted molar refractivity (Wildman–Crippen MR) is 108 cm³/mol. The van der Waals surface area contributed by atoms with E-state index < -0.39 is 22.0 Å². The van der Waals surface area contributed by atoms with Crippen LogP contribution >= 0.6 is 22.6 Å². The lowest BCUT2D eigenvalue weighted by molar-refractivity contribution is -0.165. The van der Waals surface area contributed by atoms with Gasteiger partial charge < -0.3 is 14.6 Å². The minimum atomic E-state index is -1.34. The lowest BCUT2D eigenvalue weighted by atomic mass is 10.1. The quantitative estimate of drug-likeness (QED) is 0.275. The van der Waals surface area contributed by atoms with Gasteiger partial charge in [0, 0.05) is 0 Å². The van der Waals surface area contributed by atoms with E-state index in [2.05, 4.69) is 0 Å². The standard InChI is InChI=1S/C20H19IO5/c1-14(21)20(24)26-18(19(22)23)13-25-17-11-9-16(10-12-17)8-7-15-5-3-2-4-6-15/h2-12,14,18H,13H2,1H3,(H,22,23)/b8-7+. The molecule has 0 aliphatic heterocycles. The number of carboxylic acid groups (broad SMARTS) is 1. The summed E-state index contributed by atoms with van der Waals surface area (Å²) in [6, 6.07) is 17.1.